The molecule has 0 unspecified atom stereocenters. The number of rotatable bonds is 2. The maximum absolute atomic E-state index is 12.6. The van der Waals surface area contributed by atoms with Crippen LogP contribution in [0, 0.1) is 6.92 Å². The third kappa shape index (κ3) is 2.97. The van der Waals surface area contributed by atoms with Gasteiger partial charge in [-0.3, -0.25) is 0 Å². The van der Waals surface area contributed by atoms with Crippen molar-refractivity contribution < 1.29 is 23.4 Å². The molecule has 2 aromatic carbocycles. The molecule has 7 nitrogen and oxygen atoms in total. The maximum atomic E-state index is 12.6. The Bertz CT molecular complexity index is 1120. The molecule has 138 valence electrons. The monoisotopic (exact) mass is 367 g/mol. The first-order valence-electron chi connectivity index (χ1n) is 8.30. The highest BCUT2D eigenvalue weighted by Crippen LogP contribution is 2.37. The number of benzene rings is 2. The lowest BCUT2D eigenvalue weighted by atomic mass is 9.99. The van der Waals surface area contributed by atoms with Gasteiger partial charge in [-0.05, 0) is 48.4 Å². The van der Waals surface area contributed by atoms with Gasteiger partial charge in [-0.1, -0.05) is 6.07 Å². The molecule has 1 aromatic heterocycles. The topological polar surface area (TPSA) is 78.2 Å². The molecule has 0 saturated heterocycles. The Kier molecular flexibility index (Phi) is 3.99. The third-order valence-electron chi connectivity index (χ3n) is 4.37. The van der Waals surface area contributed by atoms with Crippen LogP contribution in [-0.2, 0) is 0 Å². The first-order chi connectivity index (χ1) is 12.9. The summed E-state index contributed by atoms with van der Waals surface area (Å²) in [5.74, 6) is 1.59. The normalized spacial score (nSPS) is 12.3. The van der Waals surface area contributed by atoms with Crippen LogP contribution in [-0.4, -0.2) is 31.9 Å². The summed E-state index contributed by atoms with van der Waals surface area (Å²) >= 11 is 0. The van der Waals surface area contributed by atoms with Gasteiger partial charge in [-0.25, -0.2) is 9.59 Å². The zero-order chi connectivity index (χ0) is 19.1. The first-order valence-corrected chi connectivity index (χ1v) is 8.30. The zero-order valence-electron chi connectivity index (χ0n) is 15.1. The summed E-state index contributed by atoms with van der Waals surface area (Å²) in [6.45, 7) is 1.99. The average Bonchev–Trinajstić information content (AvgIpc) is 3.10. The summed E-state index contributed by atoms with van der Waals surface area (Å²) < 4.78 is 21.5. The lowest BCUT2D eigenvalue weighted by molar-refractivity contribution is 0.172. The standard InChI is InChI=1S/C20H17NO6/c1-11-14-9-13(26-20(23)21(2)3)5-7-15(14)27-19(22)18(11)12-4-6-16-17(8-12)25-10-24-16/h4-9H,10H2,1-3H3. The molecular formula is C20H17NO6. The molecule has 4 rings (SSSR count). The van der Waals surface area contributed by atoms with E-state index in [1.165, 1.54) is 4.90 Å². The maximum Gasteiger partial charge on any atom is 0.414 e. The van der Waals surface area contributed by atoms with Gasteiger partial charge in [-0.15, -0.1) is 0 Å². The first kappa shape index (κ1) is 17.0. The largest absolute Gasteiger partial charge is 0.454 e. The zero-order valence-corrected chi connectivity index (χ0v) is 15.1. The molecule has 0 bridgehead atoms. The van der Waals surface area contributed by atoms with E-state index in [1.807, 2.05) is 6.92 Å². The number of ether oxygens (including phenoxy) is 3. The van der Waals surface area contributed by atoms with E-state index in [0.29, 0.717) is 39.3 Å². The van der Waals surface area contributed by atoms with Gasteiger partial charge < -0.3 is 23.5 Å². The average molecular weight is 367 g/mol. The van der Waals surface area contributed by atoms with Gasteiger partial charge in [0, 0.05) is 19.5 Å². The Morgan fingerprint density at radius 3 is 2.63 bits per heavy atom. The van der Waals surface area contributed by atoms with Crippen molar-refractivity contribution in [1.29, 1.82) is 0 Å². The van der Waals surface area contributed by atoms with Gasteiger partial charge >= 0.3 is 11.7 Å². The van der Waals surface area contributed by atoms with Gasteiger partial charge in [0.15, 0.2) is 11.5 Å². The van der Waals surface area contributed by atoms with Crippen molar-refractivity contribution in [2.75, 3.05) is 20.9 Å². The number of aryl methyl sites for hydroxylation is 1. The Balaban J connectivity index is 1.84. The number of nitrogens with zero attached hydrogens (tertiary/aromatic N) is 1. The second kappa shape index (κ2) is 6.35. The molecule has 2 heterocycles. The van der Waals surface area contributed by atoms with Crippen molar-refractivity contribution in [2.24, 2.45) is 0 Å². The molecule has 0 spiro atoms. The van der Waals surface area contributed by atoms with E-state index in [-0.39, 0.29) is 6.79 Å². The number of carbonyl (C=O) groups excluding carboxylic acids is 1. The van der Waals surface area contributed by atoms with Crippen LogP contribution >= 0.6 is 0 Å². The van der Waals surface area contributed by atoms with E-state index >= 15 is 0 Å². The van der Waals surface area contributed by atoms with Gasteiger partial charge in [0.25, 0.3) is 0 Å². The minimum atomic E-state index is -0.486. The van der Waals surface area contributed by atoms with Crippen LogP contribution < -0.4 is 19.8 Å². The van der Waals surface area contributed by atoms with Crippen molar-refractivity contribution in [3.63, 3.8) is 0 Å². The molecule has 1 aliphatic rings. The molecular weight excluding hydrogens is 350 g/mol. The quantitative estimate of drug-likeness (QED) is 0.645. The molecule has 1 amide bonds. The number of amides is 1. The van der Waals surface area contributed by atoms with Crippen molar-refractivity contribution in [3.05, 3.63) is 52.4 Å². The van der Waals surface area contributed by atoms with E-state index in [9.17, 15) is 9.59 Å². The minimum absolute atomic E-state index is 0.157. The van der Waals surface area contributed by atoms with Gasteiger partial charge in [0.1, 0.15) is 11.3 Å². The molecule has 3 aromatic rings. The van der Waals surface area contributed by atoms with Crippen LogP contribution in [0.2, 0.25) is 0 Å². The summed E-state index contributed by atoms with van der Waals surface area (Å²) in [6, 6.07) is 10.2. The minimum Gasteiger partial charge on any atom is -0.454 e. The summed E-state index contributed by atoms with van der Waals surface area (Å²) in [4.78, 5) is 25.7. The number of fused-ring (bicyclic) bond motifs is 2. The van der Waals surface area contributed by atoms with Crippen LogP contribution in [0.25, 0.3) is 22.1 Å². The van der Waals surface area contributed by atoms with Crippen molar-refractivity contribution >= 4 is 17.1 Å². The molecule has 0 radical (unpaired) electrons. The van der Waals surface area contributed by atoms with Gasteiger partial charge in [-0.2, -0.15) is 0 Å². The fourth-order valence-electron chi connectivity index (χ4n) is 2.97. The van der Waals surface area contributed by atoms with Crippen LogP contribution in [0.15, 0.2) is 45.6 Å². The number of carbonyl (C=O) groups is 1. The van der Waals surface area contributed by atoms with Gasteiger partial charge in [0.05, 0.1) is 5.56 Å². The van der Waals surface area contributed by atoms with E-state index in [2.05, 4.69) is 0 Å². The van der Waals surface area contributed by atoms with Gasteiger partial charge in [0.2, 0.25) is 6.79 Å². The van der Waals surface area contributed by atoms with Crippen LogP contribution in [0.5, 0.6) is 17.2 Å². The Morgan fingerprint density at radius 1 is 1.07 bits per heavy atom. The lowest BCUT2D eigenvalue weighted by Crippen LogP contribution is -2.25. The molecule has 0 aliphatic carbocycles. The molecule has 0 N–H and O–H groups in total. The fraction of sp³-hybridized carbons (Fsp3) is 0.200. The van der Waals surface area contributed by atoms with Crippen LogP contribution in [0.1, 0.15) is 5.56 Å². The number of hydrogen-bond donors (Lipinski definition) is 0. The molecule has 0 atom stereocenters. The summed E-state index contributed by atoms with van der Waals surface area (Å²) in [7, 11) is 3.21. The molecule has 0 saturated carbocycles. The van der Waals surface area contributed by atoms with E-state index in [0.717, 1.165) is 5.56 Å². The molecule has 7 heteroatoms. The predicted molar refractivity (Wildman–Crippen MR) is 98.5 cm³/mol. The summed E-state index contributed by atoms with van der Waals surface area (Å²) in [6.07, 6.45) is -0.486. The van der Waals surface area contributed by atoms with Crippen LogP contribution in [0.4, 0.5) is 4.79 Å². The summed E-state index contributed by atoms with van der Waals surface area (Å²) in [5, 5.41) is 0.686. The summed E-state index contributed by atoms with van der Waals surface area (Å²) in [5.41, 5.74) is 1.80. The second-order valence-corrected chi connectivity index (χ2v) is 6.38. The second-order valence-electron chi connectivity index (χ2n) is 6.38. The third-order valence-corrected chi connectivity index (χ3v) is 4.37. The SMILES string of the molecule is Cc1c(-c2ccc3c(c2)OCO3)c(=O)oc2ccc(OC(=O)N(C)C)cc12. The highest BCUT2D eigenvalue weighted by molar-refractivity contribution is 5.88. The van der Waals surface area contributed by atoms with Crippen molar-refractivity contribution in [3.8, 4) is 28.4 Å². The Morgan fingerprint density at radius 2 is 1.85 bits per heavy atom. The highest BCUT2D eigenvalue weighted by atomic mass is 16.7. The molecule has 1 aliphatic heterocycles. The molecule has 27 heavy (non-hydrogen) atoms. The fourth-order valence-corrected chi connectivity index (χ4v) is 2.97. The Hall–Kier alpha value is -3.48. The Labute approximate surface area is 154 Å². The van der Waals surface area contributed by atoms with Crippen LogP contribution in [0.3, 0.4) is 0 Å². The van der Waals surface area contributed by atoms with Crippen molar-refractivity contribution in [1.82, 2.24) is 4.90 Å². The number of hydrogen-bond acceptors (Lipinski definition) is 6. The molecule has 0 fully saturated rings. The smallest absolute Gasteiger partial charge is 0.414 e. The van der Waals surface area contributed by atoms with E-state index in [1.54, 1.807) is 50.5 Å². The van der Waals surface area contributed by atoms with E-state index < -0.39 is 11.7 Å². The highest BCUT2D eigenvalue weighted by Gasteiger charge is 2.19. The lowest BCUT2D eigenvalue weighted by Gasteiger charge is -2.12. The van der Waals surface area contributed by atoms with E-state index in [4.69, 9.17) is 18.6 Å². The predicted octanol–water partition coefficient (Wildman–Crippen LogP) is 3.56. The van der Waals surface area contributed by atoms with Crippen molar-refractivity contribution in [2.45, 2.75) is 6.92 Å².